The Labute approximate surface area is 199 Å². The fourth-order valence-electron chi connectivity index (χ4n) is 4.28. The molecule has 0 saturated heterocycles. The van der Waals surface area contributed by atoms with E-state index in [1.54, 1.807) is 24.3 Å². The number of carbonyl (C=O) groups excluding carboxylic acids is 1. The van der Waals surface area contributed by atoms with E-state index in [9.17, 15) is 30.3 Å². The number of phenolic OH excluding ortho intramolecular Hbond substituents is 3. The van der Waals surface area contributed by atoms with Crippen molar-refractivity contribution in [2.45, 2.75) is 24.4 Å². The molecule has 2 heterocycles. The van der Waals surface area contributed by atoms with E-state index in [1.165, 1.54) is 25.3 Å². The molecular formula is C25H22O10. The SMILES string of the molecule is COc1cc(C2Oc3ccc(C4Oc5cc(O)cc(O)c5C(=O)[C@H]4O)cc3OC2CO)ccc1O. The molecule has 2 aliphatic heterocycles. The zero-order valence-corrected chi connectivity index (χ0v) is 18.4. The molecule has 10 heteroatoms. The molecule has 0 bridgehead atoms. The summed E-state index contributed by atoms with van der Waals surface area (Å²) >= 11 is 0. The van der Waals surface area contributed by atoms with Crippen LogP contribution >= 0.6 is 0 Å². The number of carbonyl (C=O) groups is 1. The van der Waals surface area contributed by atoms with Crippen molar-refractivity contribution >= 4 is 5.78 Å². The lowest BCUT2D eigenvalue weighted by atomic mass is 9.92. The van der Waals surface area contributed by atoms with Crippen LogP contribution < -0.4 is 18.9 Å². The van der Waals surface area contributed by atoms with Crippen LogP contribution in [0.15, 0.2) is 48.5 Å². The summed E-state index contributed by atoms with van der Waals surface area (Å²) in [6.45, 7) is -0.384. The molecule has 3 aromatic carbocycles. The van der Waals surface area contributed by atoms with Crippen LogP contribution in [0.1, 0.15) is 33.7 Å². The number of Topliss-reactive ketones (excluding diaryl/α,β-unsaturated/α-hetero) is 1. The third-order valence-electron chi connectivity index (χ3n) is 6.00. The maximum absolute atomic E-state index is 12.7. The predicted octanol–water partition coefficient (Wildman–Crippen LogP) is 2.36. The highest BCUT2D eigenvalue weighted by atomic mass is 16.6. The molecule has 0 aliphatic carbocycles. The molecule has 0 fully saturated rings. The van der Waals surface area contributed by atoms with E-state index in [-0.39, 0.29) is 40.9 Å². The standard InChI is InChI=1S/C25H22O10/c1-32-17-6-11(2-4-14(17)28)24-20(10-26)33-18-7-12(3-5-16(18)34-24)25-23(31)22(30)21-15(29)8-13(27)9-19(21)35-25/h2-9,20,23-29,31H,10H2,1H3/t20?,23-,24?,25?/m1/s1. The van der Waals surface area contributed by atoms with Gasteiger partial charge in [-0.05, 0) is 29.8 Å². The van der Waals surface area contributed by atoms with Crippen molar-refractivity contribution < 1.29 is 49.3 Å². The Kier molecular flexibility index (Phi) is 5.54. The highest BCUT2D eigenvalue weighted by molar-refractivity contribution is 6.05. The van der Waals surface area contributed by atoms with Crippen molar-refractivity contribution in [2.24, 2.45) is 0 Å². The van der Waals surface area contributed by atoms with Crippen LogP contribution in [0, 0.1) is 0 Å². The van der Waals surface area contributed by atoms with Gasteiger partial charge in [0.2, 0.25) is 5.78 Å². The summed E-state index contributed by atoms with van der Waals surface area (Å²) in [4.78, 5) is 12.7. The Bertz CT molecular complexity index is 1300. The Hall–Kier alpha value is -4.15. The number of rotatable bonds is 4. The molecule has 0 amide bonds. The van der Waals surface area contributed by atoms with Gasteiger partial charge in [-0.15, -0.1) is 0 Å². The van der Waals surface area contributed by atoms with Crippen molar-refractivity contribution in [3.63, 3.8) is 0 Å². The monoisotopic (exact) mass is 482 g/mol. The van der Waals surface area contributed by atoms with Crippen LogP contribution in [0.3, 0.4) is 0 Å². The molecule has 3 unspecified atom stereocenters. The number of hydrogen-bond donors (Lipinski definition) is 5. The summed E-state index contributed by atoms with van der Waals surface area (Å²) in [5.41, 5.74) is 0.779. The van der Waals surface area contributed by atoms with Crippen LogP contribution in [0.2, 0.25) is 0 Å². The maximum Gasteiger partial charge on any atom is 0.202 e. The van der Waals surface area contributed by atoms with E-state index in [4.69, 9.17) is 18.9 Å². The van der Waals surface area contributed by atoms with Gasteiger partial charge in [-0.25, -0.2) is 0 Å². The predicted molar refractivity (Wildman–Crippen MR) is 119 cm³/mol. The number of aliphatic hydroxyl groups is 2. The van der Waals surface area contributed by atoms with Gasteiger partial charge in [0.1, 0.15) is 22.8 Å². The zero-order valence-electron chi connectivity index (χ0n) is 18.4. The van der Waals surface area contributed by atoms with Gasteiger partial charge in [0, 0.05) is 17.7 Å². The average Bonchev–Trinajstić information content (AvgIpc) is 2.85. The van der Waals surface area contributed by atoms with Crippen LogP contribution in [-0.4, -0.2) is 57.2 Å². The maximum atomic E-state index is 12.7. The lowest BCUT2D eigenvalue weighted by Crippen LogP contribution is -2.37. The quantitative estimate of drug-likeness (QED) is 0.374. The highest BCUT2D eigenvalue weighted by Gasteiger charge is 2.40. The largest absolute Gasteiger partial charge is 0.508 e. The van der Waals surface area contributed by atoms with E-state index >= 15 is 0 Å². The zero-order chi connectivity index (χ0) is 24.9. The summed E-state index contributed by atoms with van der Waals surface area (Å²) in [6, 6.07) is 11.6. The van der Waals surface area contributed by atoms with E-state index in [0.717, 1.165) is 6.07 Å². The molecule has 3 aromatic rings. The molecule has 10 nitrogen and oxygen atoms in total. The van der Waals surface area contributed by atoms with Crippen LogP contribution in [-0.2, 0) is 0 Å². The number of fused-ring (bicyclic) bond motifs is 2. The van der Waals surface area contributed by atoms with Gasteiger partial charge in [0.05, 0.1) is 13.7 Å². The van der Waals surface area contributed by atoms with Crippen molar-refractivity contribution in [1.82, 2.24) is 0 Å². The minimum atomic E-state index is -1.62. The first kappa shape index (κ1) is 22.6. The summed E-state index contributed by atoms with van der Waals surface area (Å²) in [7, 11) is 1.42. The minimum absolute atomic E-state index is 0.0395. The van der Waals surface area contributed by atoms with Gasteiger partial charge in [0.15, 0.2) is 47.4 Å². The molecule has 5 rings (SSSR count). The number of phenols is 3. The number of aliphatic hydroxyl groups excluding tert-OH is 2. The van der Waals surface area contributed by atoms with E-state index < -0.39 is 35.9 Å². The fraction of sp³-hybridized carbons (Fsp3) is 0.240. The second kappa shape index (κ2) is 8.57. The fourth-order valence-corrected chi connectivity index (χ4v) is 4.28. The second-order valence-corrected chi connectivity index (χ2v) is 8.20. The molecule has 35 heavy (non-hydrogen) atoms. The Morgan fingerprint density at radius 1 is 0.829 bits per heavy atom. The first-order valence-electron chi connectivity index (χ1n) is 10.7. The number of ether oxygens (including phenoxy) is 4. The number of ketones is 1. The van der Waals surface area contributed by atoms with Gasteiger partial charge in [-0.2, -0.15) is 0 Å². The van der Waals surface area contributed by atoms with Gasteiger partial charge < -0.3 is 44.5 Å². The van der Waals surface area contributed by atoms with Gasteiger partial charge in [-0.1, -0.05) is 12.1 Å². The van der Waals surface area contributed by atoms with Crippen LogP contribution in [0.5, 0.6) is 40.2 Å². The van der Waals surface area contributed by atoms with Gasteiger partial charge in [-0.3, -0.25) is 4.79 Å². The Morgan fingerprint density at radius 2 is 1.54 bits per heavy atom. The number of methoxy groups -OCH3 is 1. The van der Waals surface area contributed by atoms with Gasteiger partial charge >= 0.3 is 0 Å². The third-order valence-corrected chi connectivity index (χ3v) is 6.00. The number of benzene rings is 3. The number of aromatic hydroxyl groups is 3. The number of hydrogen-bond acceptors (Lipinski definition) is 10. The Morgan fingerprint density at radius 3 is 2.29 bits per heavy atom. The smallest absolute Gasteiger partial charge is 0.202 e. The average molecular weight is 482 g/mol. The van der Waals surface area contributed by atoms with Crippen molar-refractivity contribution in [2.75, 3.05) is 13.7 Å². The summed E-state index contributed by atoms with van der Waals surface area (Å²) < 4.78 is 23.0. The second-order valence-electron chi connectivity index (χ2n) is 8.20. The molecule has 0 saturated carbocycles. The minimum Gasteiger partial charge on any atom is -0.508 e. The summed E-state index contributed by atoms with van der Waals surface area (Å²) in [6.07, 6.45) is -4.27. The molecule has 0 spiro atoms. The summed E-state index contributed by atoms with van der Waals surface area (Å²) in [5.74, 6) is -0.789. The lowest BCUT2D eigenvalue weighted by molar-refractivity contribution is -0.0130. The van der Waals surface area contributed by atoms with Crippen molar-refractivity contribution in [3.05, 3.63) is 65.2 Å². The molecule has 2 aliphatic rings. The van der Waals surface area contributed by atoms with Crippen LogP contribution in [0.4, 0.5) is 0 Å². The van der Waals surface area contributed by atoms with Crippen molar-refractivity contribution in [1.29, 1.82) is 0 Å². The van der Waals surface area contributed by atoms with Crippen LogP contribution in [0.25, 0.3) is 0 Å². The highest BCUT2D eigenvalue weighted by Crippen LogP contribution is 2.45. The first-order valence-corrected chi connectivity index (χ1v) is 10.7. The van der Waals surface area contributed by atoms with E-state index in [0.29, 0.717) is 16.9 Å². The molecule has 182 valence electrons. The lowest BCUT2D eigenvalue weighted by Gasteiger charge is -2.35. The topological polar surface area (TPSA) is 155 Å². The molecule has 0 radical (unpaired) electrons. The van der Waals surface area contributed by atoms with Crippen molar-refractivity contribution in [3.8, 4) is 40.2 Å². The van der Waals surface area contributed by atoms with E-state index in [2.05, 4.69) is 0 Å². The summed E-state index contributed by atoms with van der Waals surface area (Å²) in [5, 5.41) is 50.2. The molecular weight excluding hydrogens is 460 g/mol. The third kappa shape index (κ3) is 3.82. The van der Waals surface area contributed by atoms with E-state index in [1.807, 2.05) is 0 Å². The molecule has 5 N–H and O–H groups in total. The normalized spacial score (nSPS) is 22.8. The Balaban J connectivity index is 1.46. The molecule has 0 aromatic heterocycles. The van der Waals surface area contributed by atoms with Gasteiger partial charge in [0.25, 0.3) is 0 Å². The molecule has 4 atom stereocenters. The first-order chi connectivity index (χ1) is 16.8.